The molecule has 1 aromatic heterocycles. The molecule has 33 heavy (non-hydrogen) atoms. The summed E-state index contributed by atoms with van der Waals surface area (Å²) in [6, 6.07) is 4.34. The number of cyclic esters (lactones) is 1. The highest BCUT2D eigenvalue weighted by molar-refractivity contribution is 5.82. The van der Waals surface area contributed by atoms with E-state index >= 15 is 0 Å². The molecule has 1 saturated heterocycles. The number of rotatable bonds is 5. The van der Waals surface area contributed by atoms with Gasteiger partial charge in [-0.1, -0.05) is 13.8 Å². The van der Waals surface area contributed by atoms with Crippen molar-refractivity contribution in [3.05, 3.63) is 29.6 Å². The highest BCUT2D eigenvalue weighted by Crippen LogP contribution is 2.48. The zero-order valence-corrected chi connectivity index (χ0v) is 19.2. The molecule has 1 aliphatic heterocycles. The van der Waals surface area contributed by atoms with Gasteiger partial charge in [0.2, 0.25) is 0 Å². The van der Waals surface area contributed by atoms with Crippen LogP contribution in [0.15, 0.2) is 18.5 Å². The van der Waals surface area contributed by atoms with Gasteiger partial charge >= 0.3 is 6.09 Å². The van der Waals surface area contributed by atoms with Crippen molar-refractivity contribution in [1.29, 1.82) is 0 Å². The van der Waals surface area contributed by atoms with E-state index in [0.29, 0.717) is 18.9 Å². The van der Waals surface area contributed by atoms with E-state index in [-0.39, 0.29) is 29.8 Å². The number of nitrogen functional groups attached to an aromatic ring is 1. The maximum absolute atomic E-state index is 11.5. The number of nitrogens with two attached hydrogens (primary N) is 2. The molecule has 3 aliphatic rings. The van der Waals surface area contributed by atoms with E-state index in [0.717, 1.165) is 65.9 Å². The van der Waals surface area contributed by atoms with Crippen LogP contribution < -0.4 is 26.8 Å². The number of nitrogens with one attached hydrogen (secondary N) is 2. The first-order valence-corrected chi connectivity index (χ1v) is 11.7. The van der Waals surface area contributed by atoms with Gasteiger partial charge in [-0.3, -0.25) is 0 Å². The first-order valence-electron chi connectivity index (χ1n) is 11.7. The molecule has 9 heteroatoms. The Morgan fingerprint density at radius 1 is 1.24 bits per heavy atom. The molecular formula is C24H32N6O3. The van der Waals surface area contributed by atoms with Crippen LogP contribution in [0.5, 0.6) is 5.75 Å². The fourth-order valence-electron chi connectivity index (χ4n) is 5.27. The number of ether oxygens (including phenoxy) is 2. The van der Waals surface area contributed by atoms with Gasteiger partial charge in [-0.25, -0.2) is 14.8 Å². The zero-order valence-electron chi connectivity index (χ0n) is 19.2. The lowest BCUT2D eigenvalue weighted by atomic mass is 9.71. The zero-order chi connectivity index (χ0) is 23.2. The smallest absolute Gasteiger partial charge is 0.407 e. The third-order valence-corrected chi connectivity index (χ3v) is 6.97. The summed E-state index contributed by atoms with van der Waals surface area (Å²) in [5.74, 6) is 1.33. The monoisotopic (exact) mass is 452 g/mol. The Morgan fingerprint density at radius 2 is 2.03 bits per heavy atom. The third kappa shape index (κ3) is 4.17. The molecule has 0 radical (unpaired) electrons. The molecule has 2 heterocycles. The van der Waals surface area contributed by atoms with Crippen molar-refractivity contribution in [3.8, 4) is 17.0 Å². The Labute approximate surface area is 193 Å². The molecule has 0 unspecified atom stereocenters. The van der Waals surface area contributed by atoms with Gasteiger partial charge in [-0.2, -0.15) is 0 Å². The van der Waals surface area contributed by atoms with E-state index in [2.05, 4.69) is 40.5 Å². The standard InChI is InChI=1S/C24H32N6O3/c1-24(2)9-17-16(21-19(24)22(26)30-12-29-21)7-8-18(32-14-5-3-13(25)4-6-14)20(17)27-10-15-11-28-23(31)33-15/h7-8,12-15,27H,3-6,9-11,25H2,1-2H3,(H,28,31)(H2,26,29,30)/t13?,14?,15-/m1/s1. The van der Waals surface area contributed by atoms with Crippen LogP contribution in [0, 0.1) is 0 Å². The average Bonchev–Trinajstić information content (AvgIpc) is 3.19. The minimum atomic E-state index is -0.380. The van der Waals surface area contributed by atoms with Gasteiger partial charge < -0.3 is 31.6 Å². The quantitative estimate of drug-likeness (QED) is 0.543. The van der Waals surface area contributed by atoms with Crippen LogP contribution in [0.1, 0.15) is 50.7 Å². The molecule has 9 nitrogen and oxygen atoms in total. The number of carbonyl (C=O) groups excluding carboxylic acids is 1. The molecule has 2 aromatic rings. The largest absolute Gasteiger partial charge is 0.488 e. The second kappa shape index (κ2) is 8.37. The van der Waals surface area contributed by atoms with Crippen molar-refractivity contribution in [1.82, 2.24) is 15.3 Å². The van der Waals surface area contributed by atoms with Crippen LogP contribution in [0.3, 0.4) is 0 Å². The molecule has 2 aliphatic carbocycles. The number of fused-ring (bicyclic) bond motifs is 3. The van der Waals surface area contributed by atoms with E-state index in [1.165, 1.54) is 6.33 Å². The second-order valence-electron chi connectivity index (χ2n) is 9.95. The average molecular weight is 453 g/mol. The Hall–Kier alpha value is -3.07. The lowest BCUT2D eigenvalue weighted by Crippen LogP contribution is -2.32. The van der Waals surface area contributed by atoms with Crippen LogP contribution in [0.4, 0.5) is 16.3 Å². The van der Waals surface area contributed by atoms with Crippen molar-refractivity contribution in [2.24, 2.45) is 5.73 Å². The van der Waals surface area contributed by atoms with Gasteiger partial charge in [0.1, 0.15) is 24.0 Å². The molecule has 5 rings (SSSR count). The molecule has 0 spiro atoms. The SMILES string of the molecule is CC1(C)Cc2c(ccc(OC3CCC(N)CC3)c2NC[C@@H]2CNC(=O)O2)-c2ncnc(N)c21. The molecule has 1 aromatic carbocycles. The normalized spacial score (nSPS) is 25.4. The summed E-state index contributed by atoms with van der Waals surface area (Å²) in [5, 5.41) is 6.25. The number of alkyl carbamates (subject to hydrolysis) is 1. The topological polar surface area (TPSA) is 137 Å². The van der Waals surface area contributed by atoms with Crippen molar-refractivity contribution in [2.75, 3.05) is 24.1 Å². The predicted octanol–water partition coefficient (Wildman–Crippen LogP) is 2.73. The fraction of sp³-hybridized carbons (Fsp3) is 0.542. The van der Waals surface area contributed by atoms with Crippen LogP contribution in [-0.2, 0) is 16.6 Å². The summed E-state index contributed by atoms with van der Waals surface area (Å²) in [6.07, 6.45) is 5.62. The Morgan fingerprint density at radius 3 is 2.76 bits per heavy atom. The van der Waals surface area contributed by atoms with Gasteiger partial charge in [-0.15, -0.1) is 0 Å². The number of aromatic nitrogens is 2. The summed E-state index contributed by atoms with van der Waals surface area (Å²) in [7, 11) is 0. The summed E-state index contributed by atoms with van der Waals surface area (Å²) in [6.45, 7) is 5.30. The van der Waals surface area contributed by atoms with Crippen LogP contribution in [-0.4, -0.2) is 47.4 Å². The molecule has 6 N–H and O–H groups in total. The van der Waals surface area contributed by atoms with E-state index in [4.69, 9.17) is 20.9 Å². The molecular weight excluding hydrogens is 420 g/mol. The lowest BCUT2D eigenvalue weighted by Gasteiger charge is -2.36. The fourth-order valence-corrected chi connectivity index (χ4v) is 5.27. The highest BCUT2D eigenvalue weighted by Gasteiger charge is 2.37. The maximum atomic E-state index is 11.5. The first-order chi connectivity index (χ1) is 15.8. The predicted molar refractivity (Wildman–Crippen MR) is 126 cm³/mol. The summed E-state index contributed by atoms with van der Waals surface area (Å²) in [4.78, 5) is 20.3. The number of nitrogens with zero attached hydrogens (tertiary/aromatic N) is 2. The maximum Gasteiger partial charge on any atom is 0.407 e. The van der Waals surface area contributed by atoms with Gasteiger partial charge in [0.15, 0.2) is 0 Å². The highest BCUT2D eigenvalue weighted by atomic mass is 16.6. The Balaban J connectivity index is 1.53. The Bertz CT molecular complexity index is 1060. The minimum Gasteiger partial charge on any atom is -0.488 e. The lowest BCUT2D eigenvalue weighted by molar-refractivity contribution is 0.144. The van der Waals surface area contributed by atoms with Crippen LogP contribution in [0.25, 0.3) is 11.3 Å². The van der Waals surface area contributed by atoms with Gasteiger partial charge in [0.25, 0.3) is 0 Å². The molecule has 1 atom stereocenters. The van der Waals surface area contributed by atoms with Crippen LogP contribution in [0.2, 0.25) is 0 Å². The second-order valence-corrected chi connectivity index (χ2v) is 9.95. The number of anilines is 2. The van der Waals surface area contributed by atoms with Crippen LogP contribution >= 0.6 is 0 Å². The summed E-state index contributed by atoms with van der Waals surface area (Å²) >= 11 is 0. The van der Waals surface area contributed by atoms with Gasteiger partial charge in [-0.05, 0) is 55.2 Å². The summed E-state index contributed by atoms with van der Waals surface area (Å²) < 4.78 is 11.9. The number of hydrogen-bond acceptors (Lipinski definition) is 8. The van der Waals surface area contributed by atoms with E-state index in [1.54, 1.807) is 0 Å². The van der Waals surface area contributed by atoms with Gasteiger partial charge in [0.05, 0.1) is 30.6 Å². The Kier molecular flexibility index (Phi) is 5.52. The van der Waals surface area contributed by atoms with Crippen molar-refractivity contribution in [3.63, 3.8) is 0 Å². The number of carbonyl (C=O) groups is 1. The van der Waals surface area contributed by atoms with E-state index in [9.17, 15) is 4.79 Å². The third-order valence-electron chi connectivity index (χ3n) is 6.97. The van der Waals surface area contributed by atoms with Gasteiger partial charge in [0, 0.05) is 17.2 Å². The number of benzene rings is 1. The van der Waals surface area contributed by atoms with E-state index in [1.807, 2.05) is 6.07 Å². The molecule has 176 valence electrons. The minimum absolute atomic E-state index is 0.135. The van der Waals surface area contributed by atoms with E-state index < -0.39 is 0 Å². The van der Waals surface area contributed by atoms with Crippen molar-refractivity contribution < 1.29 is 14.3 Å². The number of hydrogen-bond donors (Lipinski definition) is 4. The molecule has 0 bridgehead atoms. The number of amides is 1. The molecule has 2 fully saturated rings. The van der Waals surface area contributed by atoms with Crippen molar-refractivity contribution in [2.45, 2.75) is 69.6 Å². The first kappa shape index (κ1) is 21.8. The molecule has 1 saturated carbocycles. The molecule has 1 amide bonds. The van der Waals surface area contributed by atoms with Crippen molar-refractivity contribution >= 4 is 17.6 Å². The summed E-state index contributed by atoms with van der Waals surface area (Å²) in [5.41, 5.74) is 17.0.